The molecule has 0 bridgehead atoms. The molecule has 1 amide bonds. The molecule has 0 radical (unpaired) electrons. The van der Waals surface area contributed by atoms with Crippen molar-refractivity contribution in [1.82, 2.24) is 19.5 Å². The Morgan fingerprint density at radius 3 is 2.92 bits per heavy atom. The highest BCUT2D eigenvalue weighted by Gasteiger charge is 2.36. The van der Waals surface area contributed by atoms with Crippen molar-refractivity contribution < 1.29 is 9.18 Å². The van der Waals surface area contributed by atoms with Gasteiger partial charge in [0.15, 0.2) is 5.65 Å². The van der Waals surface area contributed by atoms with Crippen LogP contribution in [-0.2, 0) is 11.3 Å². The first kappa shape index (κ1) is 16.5. The normalized spacial score (nSPS) is 17.6. The summed E-state index contributed by atoms with van der Waals surface area (Å²) in [6.07, 6.45) is 2.24. The quantitative estimate of drug-likeness (QED) is 0.768. The minimum absolute atomic E-state index is 0.142. The number of aromatic nitrogens is 3. The lowest BCUT2D eigenvalue weighted by atomic mass is 10.2. The maximum absolute atomic E-state index is 14.0. The van der Waals surface area contributed by atoms with Crippen LogP contribution in [0.5, 0.6) is 0 Å². The van der Waals surface area contributed by atoms with Crippen LogP contribution in [0.1, 0.15) is 12.1 Å². The van der Waals surface area contributed by atoms with E-state index in [0.717, 1.165) is 0 Å². The van der Waals surface area contributed by atoms with Crippen molar-refractivity contribution in [3.8, 4) is 0 Å². The first-order chi connectivity index (χ1) is 12.5. The Labute approximate surface area is 148 Å². The molecule has 134 valence electrons. The number of para-hydroxylation sites is 1. The summed E-state index contributed by atoms with van der Waals surface area (Å²) in [7, 11) is 1.81. The minimum Gasteiger partial charge on any atom is -0.308 e. The van der Waals surface area contributed by atoms with Gasteiger partial charge >= 0.3 is 0 Å². The summed E-state index contributed by atoms with van der Waals surface area (Å²) in [4.78, 5) is 32.6. The van der Waals surface area contributed by atoms with Crippen LogP contribution in [0.2, 0.25) is 0 Å². The van der Waals surface area contributed by atoms with E-state index in [1.54, 1.807) is 30.5 Å². The van der Waals surface area contributed by atoms with E-state index >= 15 is 0 Å². The molecule has 1 fully saturated rings. The predicted octanol–water partition coefficient (Wildman–Crippen LogP) is 1.40. The van der Waals surface area contributed by atoms with Crippen LogP contribution in [0.3, 0.4) is 0 Å². The number of carbonyl (C=O) groups excluding carboxylic acids is 1. The van der Waals surface area contributed by atoms with Crippen molar-refractivity contribution in [2.24, 2.45) is 0 Å². The number of hydrogen-bond acceptors (Lipinski definition) is 4. The number of anilines is 1. The van der Waals surface area contributed by atoms with Crippen molar-refractivity contribution in [3.63, 3.8) is 0 Å². The van der Waals surface area contributed by atoms with E-state index in [-0.39, 0.29) is 17.5 Å². The molecule has 2 aromatic heterocycles. The molecule has 8 heteroatoms. The number of carbonyl (C=O) groups is 1. The van der Waals surface area contributed by atoms with E-state index in [0.29, 0.717) is 36.5 Å². The lowest BCUT2D eigenvalue weighted by Gasteiger charge is -2.23. The molecular weight excluding hydrogens is 337 g/mol. The second kappa shape index (κ2) is 6.38. The Morgan fingerprint density at radius 2 is 2.12 bits per heavy atom. The van der Waals surface area contributed by atoms with Gasteiger partial charge in [-0.1, -0.05) is 12.1 Å². The molecule has 1 atom stereocenters. The molecule has 3 aromatic rings. The molecule has 1 N–H and O–H groups in total. The second-order valence-electron chi connectivity index (χ2n) is 6.40. The lowest BCUT2D eigenvalue weighted by Crippen LogP contribution is -2.39. The SMILES string of the molecule is CN(Cc1cc(=O)n2[nH]ccc2n1)[C@@H]1CCN(c2ccccc2F)C1=O. The Bertz CT molecular complexity index is 1030. The molecule has 0 spiro atoms. The topological polar surface area (TPSA) is 73.7 Å². The Kier molecular flexibility index (Phi) is 4.04. The predicted molar refractivity (Wildman–Crippen MR) is 94.4 cm³/mol. The van der Waals surface area contributed by atoms with Gasteiger partial charge in [0.1, 0.15) is 5.82 Å². The molecule has 1 saturated heterocycles. The highest BCUT2D eigenvalue weighted by atomic mass is 19.1. The van der Waals surface area contributed by atoms with Gasteiger partial charge in [0.2, 0.25) is 5.91 Å². The molecular formula is C18H18FN5O2. The molecule has 1 aromatic carbocycles. The highest BCUT2D eigenvalue weighted by Crippen LogP contribution is 2.26. The number of amides is 1. The fourth-order valence-corrected chi connectivity index (χ4v) is 3.41. The Balaban J connectivity index is 1.53. The van der Waals surface area contributed by atoms with E-state index in [1.807, 2.05) is 11.9 Å². The first-order valence-corrected chi connectivity index (χ1v) is 8.37. The van der Waals surface area contributed by atoms with E-state index in [4.69, 9.17) is 0 Å². The van der Waals surface area contributed by atoms with Crippen LogP contribution in [0.4, 0.5) is 10.1 Å². The molecule has 0 aliphatic carbocycles. The summed E-state index contributed by atoms with van der Waals surface area (Å²) in [5.74, 6) is -0.547. The van der Waals surface area contributed by atoms with Gasteiger partial charge in [0.25, 0.3) is 5.56 Å². The Morgan fingerprint density at radius 1 is 1.31 bits per heavy atom. The van der Waals surface area contributed by atoms with E-state index in [9.17, 15) is 14.0 Å². The number of aromatic amines is 1. The van der Waals surface area contributed by atoms with Crippen molar-refractivity contribution >= 4 is 17.2 Å². The van der Waals surface area contributed by atoms with Crippen LogP contribution in [0.15, 0.2) is 47.4 Å². The third-order valence-electron chi connectivity index (χ3n) is 4.70. The largest absolute Gasteiger partial charge is 0.308 e. The summed E-state index contributed by atoms with van der Waals surface area (Å²) < 4.78 is 15.3. The number of hydrogen-bond donors (Lipinski definition) is 1. The smallest absolute Gasteiger partial charge is 0.272 e. The number of likely N-dealkylation sites (N-methyl/N-ethyl adjacent to an activating group) is 1. The van der Waals surface area contributed by atoms with Crippen molar-refractivity contribution in [3.05, 3.63) is 64.5 Å². The zero-order valence-corrected chi connectivity index (χ0v) is 14.2. The van der Waals surface area contributed by atoms with Crippen LogP contribution in [0, 0.1) is 5.82 Å². The number of halogens is 1. The van der Waals surface area contributed by atoms with E-state index in [1.165, 1.54) is 21.5 Å². The maximum Gasteiger partial charge on any atom is 0.272 e. The number of nitrogens with zero attached hydrogens (tertiary/aromatic N) is 4. The number of benzene rings is 1. The van der Waals surface area contributed by atoms with Crippen LogP contribution in [0.25, 0.3) is 5.65 Å². The third kappa shape index (κ3) is 2.78. The number of nitrogens with one attached hydrogen (secondary N) is 1. The summed E-state index contributed by atoms with van der Waals surface area (Å²) in [5, 5.41) is 2.79. The molecule has 7 nitrogen and oxygen atoms in total. The van der Waals surface area contributed by atoms with Crippen molar-refractivity contribution in [1.29, 1.82) is 0 Å². The van der Waals surface area contributed by atoms with Crippen LogP contribution >= 0.6 is 0 Å². The maximum atomic E-state index is 14.0. The summed E-state index contributed by atoms with van der Waals surface area (Å²) in [5.41, 5.74) is 1.23. The lowest BCUT2D eigenvalue weighted by molar-refractivity contribution is -0.121. The molecule has 4 rings (SSSR count). The van der Waals surface area contributed by atoms with Gasteiger partial charge in [-0.2, -0.15) is 0 Å². The van der Waals surface area contributed by atoms with Gasteiger partial charge in [0.05, 0.1) is 17.4 Å². The monoisotopic (exact) mass is 355 g/mol. The second-order valence-corrected chi connectivity index (χ2v) is 6.40. The number of H-pyrrole nitrogens is 1. The molecule has 26 heavy (non-hydrogen) atoms. The van der Waals surface area contributed by atoms with Crippen molar-refractivity contribution in [2.45, 2.75) is 19.0 Å². The van der Waals surface area contributed by atoms with Crippen molar-refractivity contribution in [2.75, 3.05) is 18.5 Å². The fourth-order valence-electron chi connectivity index (χ4n) is 3.41. The average Bonchev–Trinajstić information content (AvgIpc) is 3.22. The van der Waals surface area contributed by atoms with Gasteiger partial charge < -0.3 is 4.90 Å². The number of fused-ring (bicyclic) bond motifs is 1. The fraction of sp³-hybridized carbons (Fsp3) is 0.278. The molecule has 0 saturated carbocycles. The van der Waals surface area contributed by atoms with Gasteiger partial charge in [-0.05, 0) is 25.6 Å². The third-order valence-corrected chi connectivity index (χ3v) is 4.70. The van der Waals surface area contributed by atoms with E-state index in [2.05, 4.69) is 10.1 Å². The first-order valence-electron chi connectivity index (χ1n) is 8.37. The van der Waals surface area contributed by atoms with Gasteiger partial charge in [-0.25, -0.2) is 13.9 Å². The molecule has 0 unspecified atom stereocenters. The van der Waals surface area contributed by atoms with Gasteiger partial charge in [0, 0.05) is 31.4 Å². The molecule has 3 heterocycles. The summed E-state index contributed by atoms with van der Waals surface area (Å²) >= 11 is 0. The molecule has 1 aliphatic rings. The zero-order chi connectivity index (χ0) is 18.3. The molecule has 1 aliphatic heterocycles. The number of rotatable bonds is 4. The van der Waals surface area contributed by atoms with Gasteiger partial charge in [-0.15, -0.1) is 0 Å². The minimum atomic E-state index is -0.406. The summed E-state index contributed by atoms with van der Waals surface area (Å²) in [6, 6.07) is 9.07. The van der Waals surface area contributed by atoms with E-state index < -0.39 is 5.82 Å². The Hall–Kier alpha value is -3.00. The van der Waals surface area contributed by atoms with Crippen LogP contribution < -0.4 is 10.5 Å². The standard InChI is InChI=1S/C18H18FN5O2/c1-22(11-12-10-17(25)24-16(21-12)6-8-20-24)15-7-9-23(18(15)26)14-5-3-2-4-13(14)19/h2-6,8,10,15,20H,7,9,11H2,1H3/t15-/m1/s1. The van der Waals surface area contributed by atoms with Crippen LogP contribution in [-0.4, -0.2) is 45.0 Å². The highest BCUT2D eigenvalue weighted by molar-refractivity contribution is 5.99. The summed E-state index contributed by atoms with van der Waals surface area (Å²) in [6.45, 7) is 0.820. The zero-order valence-electron chi connectivity index (χ0n) is 14.2. The van der Waals surface area contributed by atoms with Gasteiger partial charge in [-0.3, -0.25) is 19.6 Å². The average molecular weight is 355 g/mol.